The Balaban J connectivity index is 2.26. The van der Waals surface area contributed by atoms with E-state index >= 15 is 0 Å². The molecule has 0 radical (unpaired) electrons. The maximum atomic E-state index is 12.5. The van der Waals surface area contributed by atoms with E-state index in [4.69, 9.17) is 14.2 Å². The molecule has 24 heavy (non-hydrogen) atoms. The maximum absolute atomic E-state index is 12.5. The molecular formula is C17H20N2O5. The van der Waals surface area contributed by atoms with Crippen molar-refractivity contribution in [2.75, 3.05) is 20.8 Å². The summed E-state index contributed by atoms with van der Waals surface area (Å²) in [5.74, 6) is 0.305. The zero-order valence-electron chi connectivity index (χ0n) is 14.2. The molecule has 1 aromatic carbocycles. The summed E-state index contributed by atoms with van der Waals surface area (Å²) in [5, 5.41) is 4.10. The lowest BCUT2D eigenvalue weighted by molar-refractivity contribution is 0.0511. The van der Waals surface area contributed by atoms with E-state index in [1.165, 1.54) is 25.1 Å². The first-order valence-corrected chi connectivity index (χ1v) is 7.46. The highest BCUT2D eigenvalue weighted by Gasteiger charge is 2.20. The van der Waals surface area contributed by atoms with Crippen LogP contribution in [-0.4, -0.2) is 42.4 Å². The average Bonchev–Trinajstić information content (AvgIpc) is 2.94. The molecule has 0 saturated heterocycles. The molecule has 0 N–H and O–H groups in total. The van der Waals surface area contributed by atoms with Crippen LogP contribution >= 0.6 is 0 Å². The second-order valence-electron chi connectivity index (χ2n) is 5.05. The summed E-state index contributed by atoms with van der Waals surface area (Å²) in [7, 11) is 3.03. The molecule has 0 unspecified atom stereocenters. The van der Waals surface area contributed by atoms with Gasteiger partial charge in [-0.3, -0.25) is 9.48 Å². The molecule has 7 heteroatoms. The predicted octanol–water partition coefficient (Wildman–Crippen LogP) is 2.27. The van der Waals surface area contributed by atoms with Gasteiger partial charge in [-0.1, -0.05) is 0 Å². The minimum atomic E-state index is -0.493. The third-order valence-electron chi connectivity index (χ3n) is 3.49. The van der Waals surface area contributed by atoms with Crippen molar-refractivity contribution in [3.8, 4) is 11.5 Å². The summed E-state index contributed by atoms with van der Waals surface area (Å²) in [6.45, 7) is 3.66. The molecule has 0 atom stereocenters. The number of rotatable bonds is 7. The molecule has 7 nitrogen and oxygen atoms in total. The number of hydrogen-bond acceptors (Lipinski definition) is 6. The molecule has 1 heterocycles. The van der Waals surface area contributed by atoms with E-state index in [-0.39, 0.29) is 24.6 Å². The van der Waals surface area contributed by atoms with Gasteiger partial charge < -0.3 is 14.2 Å². The lowest BCUT2D eigenvalue weighted by Crippen LogP contribution is -2.19. The Hall–Kier alpha value is -2.83. The van der Waals surface area contributed by atoms with Crippen LogP contribution in [0.25, 0.3) is 0 Å². The highest BCUT2D eigenvalue weighted by molar-refractivity contribution is 5.97. The lowest BCUT2D eigenvalue weighted by Gasteiger charge is -2.10. The van der Waals surface area contributed by atoms with Crippen molar-refractivity contribution in [3.05, 3.63) is 41.2 Å². The minimum Gasteiger partial charge on any atom is -0.493 e. The molecule has 0 fully saturated rings. The molecule has 0 aliphatic rings. The molecule has 0 saturated carbocycles. The zero-order valence-corrected chi connectivity index (χ0v) is 14.2. The Morgan fingerprint density at radius 3 is 2.50 bits per heavy atom. The Morgan fingerprint density at radius 1 is 1.17 bits per heavy atom. The van der Waals surface area contributed by atoms with E-state index in [9.17, 15) is 9.59 Å². The standard InChI is InChI=1S/C17H20N2O5/c1-5-24-17(21)16-11(2)9-18-19(16)10-13(20)12-6-7-14(22-3)15(8-12)23-4/h6-9H,5,10H2,1-4H3. The van der Waals surface area contributed by atoms with E-state index in [2.05, 4.69) is 5.10 Å². The van der Waals surface area contributed by atoms with Crippen LogP contribution in [0.4, 0.5) is 0 Å². The third-order valence-corrected chi connectivity index (χ3v) is 3.49. The molecule has 2 aromatic rings. The fourth-order valence-electron chi connectivity index (χ4n) is 2.30. The van der Waals surface area contributed by atoms with Crippen molar-refractivity contribution >= 4 is 11.8 Å². The van der Waals surface area contributed by atoms with Crippen LogP contribution in [0.2, 0.25) is 0 Å². The van der Waals surface area contributed by atoms with Gasteiger partial charge in [0.2, 0.25) is 0 Å². The molecule has 1 aromatic heterocycles. The largest absolute Gasteiger partial charge is 0.493 e. The van der Waals surface area contributed by atoms with Crippen LogP contribution < -0.4 is 9.47 Å². The Labute approximate surface area is 140 Å². The Kier molecular flexibility index (Phi) is 5.57. The van der Waals surface area contributed by atoms with Gasteiger partial charge in [0.25, 0.3) is 0 Å². The minimum absolute atomic E-state index is 0.0720. The van der Waals surface area contributed by atoms with Crippen LogP contribution in [0.3, 0.4) is 0 Å². The number of carbonyl (C=O) groups is 2. The summed E-state index contributed by atoms with van der Waals surface area (Å²) >= 11 is 0. The fourth-order valence-corrected chi connectivity index (χ4v) is 2.30. The quantitative estimate of drug-likeness (QED) is 0.571. The second-order valence-corrected chi connectivity index (χ2v) is 5.05. The van der Waals surface area contributed by atoms with Crippen molar-refractivity contribution in [2.45, 2.75) is 20.4 Å². The van der Waals surface area contributed by atoms with Gasteiger partial charge in [-0.05, 0) is 32.0 Å². The number of nitrogens with zero attached hydrogens (tertiary/aromatic N) is 2. The molecule has 0 spiro atoms. The van der Waals surface area contributed by atoms with Crippen molar-refractivity contribution < 1.29 is 23.8 Å². The lowest BCUT2D eigenvalue weighted by atomic mass is 10.1. The monoisotopic (exact) mass is 332 g/mol. The summed E-state index contributed by atoms with van der Waals surface area (Å²) in [6, 6.07) is 4.90. The molecule has 128 valence electrons. The number of carbonyl (C=O) groups excluding carboxylic acids is 2. The SMILES string of the molecule is CCOC(=O)c1c(C)cnn1CC(=O)c1ccc(OC)c(OC)c1. The van der Waals surface area contributed by atoms with Crippen molar-refractivity contribution in [1.29, 1.82) is 0 Å². The van der Waals surface area contributed by atoms with Crippen molar-refractivity contribution in [3.63, 3.8) is 0 Å². The predicted molar refractivity (Wildman–Crippen MR) is 86.8 cm³/mol. The summed E-state index contributed by atoms with van der Waals surface area (Å²) in [5.41, 5.74) is 1.38. The van der Waals surface area contributed by atoms with E-state index in [0.717, 1.165) is 0 Å². The van der Waals surface area contributed by atoms with Gasteiger partial charge in [0.15, 0.2) is 17.3 Å². The first-order valence-electron chi connectivity index (χ1n) is 7.46. The zero-order chi connectivity index (χ0) is 17.7. The Bertz CT molecular complexity index is 751. The van der Waals surface area contributed by atoms with Crippen LogP contribution in [0.1, 0.15) is 33.3 Å². The number of hydrogen-bond donors (Lipinski definition) is 0. The third kappa shape index (κ3) is 3.56. The first kappa shape index (κ1) is 17.5. The van der Waals surface area contributed by atoms with Gasteiger partial charge >= 0.3 is 5.97 Å². The number of aryl methyl sites for hydroxylation is 1. The highest BCUT2D eigenvalue weighted by Crippen LogP contribution is 2.27. The van der Waals surface area contributed by atoms with Crippen LogP contribution in [0.15, 0.2) is 24.4 Å². The maximum Gasteiger partial charge on any atom is 0.356 e. The number of aromatic nitrogens is 2. The first-order chi connectivity index (χ1) is 11.5. The van der Waals surface area contributed by atoms with Gasteiger partial charge in [0, 0.05) is 11.1 Å². The normalized spacial score (nSPS) is 10.3. The van der Waals surface area contributed by atoms with Crippen LogP contribution in [0.5, 0.6) is 11.5 Å². The van der Waals surface area contributed by atoms with Gasteiger partial charge in [-0.2, -0.15) is 5.10 Å². The van der Waals surface area contributed by atoms with Gasteiger partial charge in [0.1, 0.15) is 12.2 Å². The van der Waals surface area contributed by atoms with E-state index in [0.29, 0.717) is 22.6 Å². The number of benzene rings is 1. The fraction of sp³-hybridized carbons (Fsp3) is 0.353. The summed E-state index contributed by atoms with van der Waals surface area (Å²) < 4.78 is 16.7. The molecule has 2 rings (SSSR count). The van der Waals surface area contributed by atoms with E-state index in [1.807, 2.05) is 0 Å². The number of methoxy groups -OCH3 is 2. The highest BCUT2D eigenvalue weighted by atomic mass is 16.5. The number of ketones is 1. The smallest absolute Gasteiger partial charge is 0.356 e. The molecule has 0 amide bonds. The van der Waals surface area contributed by atoms with Gasteiger partial charge in [-0.25, -0.2) is 4.79 Å². The molecule has 0 aliphatic heterocycles. The topological polar surface area (TPSA) is 79.7 Å². The Morgan fingerprint density at radius 2 is 1.88 bits per heavy atom. The van der Waals surface area contributed by atoms with Crippen molar-refractivity contribution in [2.24, 2.45) is 0 Å². The molecule has 0 aliphatic carbocycles. The van der Waals surface area contributed by atoms with E-state index < -0.39 is 5.97 Å². The second kappa shape index (κ2) is 7.63. The number of Topliss-reactive ketones (excluding diaryl/α,β-unsaturated/α-hetero) is 1. The van der Waals surface area contributed by atoms with Crippen molar-refractivity contribution in [1.82, 2.24) is 9.78 Å². The summed E-state index contributed by atoms with van der Waals surface area (Å²) in [4.78, 5) is 24.5. The summed E-state index contributed by atoms with van der Waals surface area (Å²) in [6.07, 6.45) is 1.54. The average molecular weight is 332 g/mol. The number of ether oxygens (including phenoxy) is 3. The molecular weight excluding hydrogens is 312 g/mol. The van der Waals surface area contributed by atoms with Gasteiger partial charge in [-0.15, -0.1) is 0 Å². The van der Waals surface area contributed by atoms with Crippen LogP contribution in [0, 0.1) is 6.92 Å². The molecule has 0 bridgehead atoms. The van der Waals surface area contributed by atoms with Crippen LogP contribution in [-0.2, 0) is 11.3 Å². The van der Waals surface area contributed by atoms with Gasteiger partial charge in [0.05, 0.1) is 27.0 Å². The number of esters is 1. The van der Waals surface area contributed by atoms with E-state index in [1.54, 1.807) is 32.0 Å².